The lowest BCUT2D eigenvalue weighted by Crippen LogP contribution is -2.27. The van der Waals surface area contributed by atoms with E-state index in [1.54, 1.807) is 12.1 Å². The van der Waals surface area contributed by atoms with Crippen LogP contribution in [0.1, 0.15) is 31.1 Å². The Kier molecular flexibility index (Phi) is 3.32. The first kappa shape index (κ1) is 12.2. The van der Waals surface area contributed by atoms with Crippen LogP contribution in [0.25, 0.3) is 0 Å². The second-order valence-electron chi connectivity index (χ2n) is 4.59. The number of aromatic carboxylic acids is 1. The smallest absolute Gasteiger partial charge is 0.335 e. The van der Waals surface area contributed by atoms with E-state index >= 15 is 0 Å². The second-order valence-corrected chi connectivity index (χ2v) is 4.59. The zero-order valence-corrected chi connectivity index (χ0v) is 9.57. The topological polar surface area (TPSA) is 66.4 Å². The van der Waals surface area contributed by atoms with E-state index in [9.17, 15) is 9.59 Å². The van der Waals surface area contributed by atoms with Gasteiger partial charge in [0.25, 0.3) is 0 Å². The molecule has 0 unspecified atom stereocenters. The summed E-state index contributed by atoms with van der Waals surface area (Å²) in [4.78, 5) is 22.2. The minimum absolute atomic E-state index is 0.101. The molecule has 2 N–H and O–H groups in total. The zero-order chi connectivity index (χ0) is 12.3. The Balaban J connectivity index is 2.77. The van der Waals surface area contributed by atoms with Crippen molar-refractivity contribution in [2.75, 3.05) is 5.32 Å². The van der Waals surface area contributed by atoms with Gasteiger partial charge in [0.1, 0.15) is 0 Å². The molecule has 0 bridgehead atoms. The number of rotatable bonds is 2. The Hall–Kier alpha value is -1.84. The number of benzene rings is 1. The summed E-state index contributed by atoms with van der Waals surface area (Å²) in [6.45, 7) is 5.44. The van der Waals surface area contributed by atoms with Crippen molar-refractivity contribution >= 4 is 17.6 Å². The van der Waals surface area contributed by atoms with Crippen molar-refractivity contribution in [2.45, 2.75) is 20.8 Å². The normalized spacial score (nSPS) is 10.9. The van der Waals surface area contributed by atoms with Crippen LogP contribution in [0.3, 0.4) is 0 Å². The Bertz CT molecular complexity index is 401. The van der Waals surface area contributed by atoms with Gasteiger partial charge in [0.2, 0.25) is 5.91 Å². The Morgan fingerprint density at radius 1 is 1.12 bits per heavy atom. The van der Waals surface area contributed by atoms with Gasteiger partial charge in [0.15, 0.2) is 0 Å². The minimum Gasteiger partial charge on any atom is -0.478 e. The lowest BCUT2D eigenvalue weighted by molar-refractivity contribution is -0.123. The highest BCUT2D eigenvalue weighted by Gasteiger charge is 2.21. The van der Waals surface area contributed by atoms with E-state index in [0.29, 0.717) is 5.69 Å². The van der Waals surface area contributed by atoms with Crippen LogP contribution in [-0.2, 0) is 4.79 Å². The number of carboxylic acid groups (broad SMARTS) is 1. The van der Waals surface area contributed by atoms with Crippen LogP contribution in [0.2, 0.25) is 0 Å². The number of anilines is 1. The van der Waals surface area contributed by atoms with Gasteiger partial charge in [-0.05, 0) is 24.3 Å². The van der Waals surface area contributed by atoms with Crippen LogP contribution < -0.4 is 5.32 Å². The fourth-order valence-corrected chi connectivity index (χ4v) is 1.01. The van der Waals surface area contributed by atoms with Gasteiger partial charge in [0, 0.05) is 11.1 Å². The molecule has 0 saturated carbocycles. The molecule has 4 heteroatoms. The van der Waals surface area contributed by atoms with Gasteiger partial charge in [-0.1, -0.05) is 20.8 Å². The number of hydrogen-bond donors (Lipinski definition) is 2. The molecule has 0 aromatic heterocycles. The molecule has 0 aliphatic rings. The average Bonchev–Trinajstić information content (AvgIpc) is 2.17. The van der Waals surface area contributed by atoms with Crippen molar-refractivity contribution in [1.29, 1.82) is 0 Å². The molecule has 86 valence electrons. The summed E-state index contributed by atoms with van der Waals surface area (Å²) in [6.07, 6.45) is 0. The van der Waals surface area contributed by atoms with Crippen molar-refractivity contribution < 1.29 is 14.7 Å². The SMILES string of the molecule is CC(C)(C)C(=O)Nc1ccc(C(=O)O)cc1. The molecular formula is C12H15NO3. The highest BCUT2D eigenvalue weighted by atomic mass is 16.4. The molecule has 0 heterocycles. The molecule has 1 amide bonds. The Labute approximate surface area is 94.3 Å². The lowest BCUT2D eigenvalue weighted by atomic mass is 9.95. The molecule has 1 aromatic carbocycles. The number of carbonyl (C=O) groups is 2. The molecular weight excluding hydrogens is 206 g/mol. The van der Waals surface area contributed by atoms with Gasteiger partial charge in [0.05, 0.1) is 5.56 Å². The molecule has 1 aromatic rings. The summed E-state index contributed by atoms with van der Waals surface area (Å²) >= 11 is 0. The van der Waals surface area contributed by atoms with E-state index in [1.165, 1.54) is 12.1 Å². The summed E-state index contributed by atoms with van der Waals surface area (Å²) in [5.41, 5.74) is 0.338. The fraction of sp³-hybridized carbons (Fsp3) is 0.333. The minimum atomic E-state index is -0.978. The molecule has 0 fully saturated rings. The van der Waals surface area contributed by atoms with E-state index in [1.807, 2.05) is 20.8 Å². The van der Waals surface area contributed by atoms with Crippen LogP contribution in [-0.4, -0.2) is 17.0 Å². The van der Waals surface area contributed by atoms with Crippen LogP contribution in [0.4, 0.5) is 5.69 Å². The third-order valence-electron chi connectivity index (χ3n) is 2.07. The Morgan fingerprint density at radius 2 is 1.62 bits per heavy atom. The maximum Gasteiger partial charge on any atom is 0.335 e. The number of amides is 1. The van der Waals surface area contributed by atoms with Crippen LogP contribution in [0.15, 0.2) is 24.3 Å². The van der Waals surface area contributed by atoms with E-state index in [-0.39, 0.29) is 11.5 Å². The molecule has 0 spiro atoms. The first-order valence-electron chi connectivity index (χ1n) is 4.95. The van der Waals surface area contributed by atoms with E-state index in [2.05, 4.69) is 5.32 Å². The number of nitrogens with one attached hydrogen (secondary N) is 1. The van der Waals surface area contributed by atoms with Crippen molar-refractivity contribution in [1.82, 2.24) is 0 Å². The molecule has 16 heavy (non-hydrogen) atoms. The maximum absolute atomic E-state index is 11.6. The fourth-order valence-electron chi connectivity index (χ4n) is 1.01. The molecule has 1 rings (SSSR count). The monoisotopic (exact) mass is 221 g/mol. The third kappa shape index (κ3) is 3.08. The van der Waals surface area contributed by atoms with Gasteiger partial charge >= 0.3 is 5.97 Å². The van der Waals surface area contributed by atoms with Crippen LogP contribution >= 0.6 is 0 Å². The van der Waals surface area contributed by atoms with E-state index in [4.69, 9.17) is 5.11 Å². The summed E-state index contributed by atoms with van der Waals surface area (Å²) in [5, 5.41) is 11.4. The Morgan fingerprint density at radius 3 is 2.00 bits per heavy atom. The summed E-state index contributed by atoms with van der Waals surface area (Å²) in [7, 11) is 0. The van der Waals surface area contributed by atoms with Crippen molar-refractivity contribution in [3.8, 4) is 0 Å². The van der Waals surface area contributed by atoms with Gasteiger partial charge in [-0.3, -0.25) is 4.79 Å². The highest BCUT2D eigenvalue weighted by Crippen LogP contribution is 2.17. The van der Waals surface area contributed by atoms with Gasteiger partial charge in [-0.15, -0.1) is 0 Å². The molecule has 0 atom stereocenters. The highest BCUT2D eigenvalue weighted by molar-refractivity contribution is 5.95. The predicted octanol–water partition coefficient (Wildman–Crippen LogP) is 2.37. The number of hydrogen-bond acceptors (Lipinski definition) is 2. The summed E-state index contributed by atoms with van der Waals surface area (Å²) in [6, 6.07) is 6.07. The number of carbonyl (C=O) groups excluding carboxylic acids is 1. The van der Waals surface area contributed by atoms with Crippen LogP contribution in [0, 0.1) is 5.41 Å². The summed E-state index contributed by atoms with van der Waals surface area (Å²) < 4.78 is 0. The number of carboxylic acids is 1. The largest absolute Gasteiger partial charge is 0.478 e. The molecule has 0 saturated heterocycles. The van der Waals surface area contributed by atoms with Crippen LogP contribution in [0.5, 0.6) is 0 Å². The first-order chi connectivity index (χ1) is 7.30. The molecule has 0 radical (unpaired) electrons. The quantitative estimate of drug-likeness (QED) is 0.805. The van der Waals surface area contributed by atoms with Gasteiger partial charge in [-0.25, -0.2) is 4.79 Å². The maximum atomic E-state index is 11.6. The lowest BCUT2D eigenvalue weighted by Gasteiger charge is -2.17. The van der Waals surface area contributed by atoms with Gasteiger partial charge in [-0.2, -0.15) is 0 Å². The van der Waals surface area contributed by atoms with Crippen molar-refractivity contribution in [3.05, 3.63) is 29.8 Å². The molecule has 0 aliphatic carbocycles. The third-order valence-corrected chi connectivity index (χ3v) is 2.07. The molecule has 4 nitrogen and oxygen atoms in total. The average molecular weight is 221 g/mol. The van der Waals surface area contributed by atoms with E-state index in [0.717, 1.165) is 0 Å². The van der Waals surface area contributed by atoms with Gasteiger partial charge < -0.3 is 10.4 Å². The van der Waals surface area contributed by atoms with Crippen molar-refractivity contribution in [3.63, 3.8) is 0 Å². The predicted molar refractivity (Wildman–Crippen MR) is 61.5 cm³/mol. The zero-order valence-electron chi connectivity index (χ0n) is 9.57. The summed E-state index contributed by atoms with van der Waals surface area (Å²) in [5.74, 6) is -1.08. The van der Waals surface area contributed by atoms with E-state index < -0.39 is 11.4 Å². The molecule has 0 aliphatic heterocycles. The second kappa shape index (κ2) is 4.35. The first-order valence-corrected chi connectivity index (χ1v) is 4.95. The van der Waals surface area contributed by atoms with Crippen molar-refractivity contribution in [2.24, 2.45) is 5.41 Å². The standard InChI is InChI=1S/C12H15NO3/c1-12(2,3)11(16)13-9-6-4-8(5-7-9)10(14)15/h4-7H,1-3H3,(H,13,16)(H,14,15).